The molecule has 102 valence electrons. The van der Waals surface area contributed by atoms with Crippen LogP contribution in [0.1, 0.15) is 12.8 Å². The molecule has 0 aromatic carbocycles. The van der Waals surface area contributed by atoms with E-state index in [1.165, 1.54) is 0 Å². The molecule has 1 heterocycles. The summed E-state index contributed by atoms with van der Waals surface area (Å²) in [6.07, 6.45) is 7.73. The second-order valence-corrected chi connectivity index (χ2v) is 3.93. The summed E-state index contributed by atoms with van der Waals surface area (Å²) in [6, 6.07) is 0. The van der Waals surface area contributed by atoms with E-state index >= 15 is 0 Å². The Hall–Kier alpha value is -1.33. The first-order chi connectivity index (χ1) is 8.88. The fraction of sp³-hybridized carbons (Fsp3) is 0.615. The van der Waals surface area contributed by atoms with E-state index < -0.39 is 0 Å². The van der Waals surface area contributed by atoms with E-state index in [0.717, 1.165) is 38.5 Å². The number of anilines is 1. The Morgan fingerprint density at radius 2 is 2.28 bits per heavy atom. The van der Waals surface area contributed by atoms with Crippen LogP contribution in [0, 0.1) is 0 Å². The Kier molecular flexibility index (Phi) is 7.92. The molecule has 18 heavy (non-hydrogen) atoms. The number of hydrogen-bond donors (Lipinski definition) is 1. The van der Waals surface area contributed by atoms with Crippen molar-refractivity contribution in [3.05, 3.63) is 25.0 Å². The second-order valence-electron chi connectivity index (χ2n) is 3.93. The predicted octanol–water partition coefficient (Wildman–Crippen LogP) is 1.92. The lowest BCUT2D eigenvalue weighted by Gasteiger charge is -2.08. The van der Waals surface area contributed by atoms with Crippen molar-refractivity contribution in [3.63, 3.8) is 0 Å². The number of ether oxygens (including phenoxy) is 2. The van der Waals surface area contributed by atoms with Crippen molar-refractivity contribution in [2.45, 2.75) is 19.4 Å². The molecule has 0 bridgehead atoms. The van der Waals surface area contributed by atoms with Gasteiger partial charge in [0.15, 0.2) is 0 Å². The van der Waals surface area contributed by atoms with Gasteiger partial charge in [-0.05, 0) is 12.8 Å². The van der Waals surface area contributed by atoms with Gasteiger partial charge in [0.2, 0.25) is 5.95 Å². The van der Waals surface area contributed by atoms with E-state index in [0.29, 0.717) is 13.2 Å². The monoisotopic (exact) mass is 253 g/mol. The summed E-state index contributed by atoms with van der Waals surface area (Å²) in [7, 11) is 1.68. The zero-order chi connectivity index (χ0) is 13.1. The molecule has 0 saturated carbocycles. The fourth-order valence-electron chi connectivity index (χ4n) is 1.55. The molecule has 0 saturated heterocycles. The highest BCUT2D eigenvalue weighted by molar-refractivity contribution is 5.26. The van der Waals surface area contributed by atoms with Crippen LogP contribution in [0.25, 0.3) is 0 Å². The number of unbranched alkanes of at least 4 members (excludes halogenated alkanes) is 1. The van der Waals surface area contributed by atoms with Crippen molar-refractivity contribution in [3.8, 4) is 0 Å². The van der Waals surface area contributed by atoms with Crippen LogP contribution in [-0.2, 0) is 16.0 Å². The first-order valence-electron chi connectivity index (χ1n) is 6.31. The van der Waals surface area contributed by atoms with Crippen molar-refractivity contribution in [2.24, 2.45) is 0 Å². The van der Waals surface area contributed by atoms with Gasteiger partial charge in [-0.25, -0.2) is 4.98 Å². The van der Waals surface area contributed by atoms with Gasteiger partial charge in [0.25, 0.3) is 0 Å². The fourth-order valence-corrected chi connectivity index (χ4v) is 1.55. The molecule has 5 heteroatoms. The molecule has 1 aromatic rings. The summed E-state index contributed by atoms with van der Waals surface area (Å²) >= 11 is 0. The average Bonchev–Trinajstić information content (AvgIpc) is 2.83. The summed E-state index contributed by atoms with van der Waals surface area (Å²) in [5.41, 5.74) is 0. The number of hydrogen-bond acceptors (Lipinski definition) is 4. The maximum absolute atomic E-state index is 5.41. The molecule has 0 radical (unpaired) electrons. The quantitative estimate of drug-likeness (QED) is 0.483. The number of imidazole rings is 1. The standard InChI is InChI=1S/C13H23N3O2/c1-3-6-14-13-15-7-9-16(13)8-4-5-10-18-12-11-17-2/h3,7,9H,1,4-6,8,10-12H2,2H3,(H,14,15). The van der Waals surface area contributed by atoms with Gasteiger partial charge < -0.3 is 19.4 Å². The number of aromatic nitrogens is 2. The van der Waals surface area contributed by atoms with Gasteiger partial charge >= 0.3 is 0 Å². The van der Waals surface area contributed by atoms with Crippen LogP contribution in [0.4, 0.5) is 5.95 Å². The molecule has 0 atom stereocenters. The third-order valence-corrected chi connectivity index (χ3v) is 2.49. The lowest BCUT2D eigenvalue weighted by molar-refractivity contribution is 0.0684. The molecule has 0 aliphatic carbocycles. The van der Waals surface area contributed by atoms with E-state index in [1.807, 2.05) is 12.3 Å². The molecular formula is C13H23N3O2. The minimum Gasteiger partial charge on any atom is -0.382 e. The Morgan fingerprint density at radius 3 is 3.06 bits per heavy atom. The smallest absolute Gasteiger partial charge is 0.203 e. The van der Waals surface area contributed by atoms with Crippen LogP contribution < -0.4 is 5.32 Å². The van der Waals surface area contributed by atoms with Gasteiger partial charge in [-0.3, -0.25) is 0 Å². The number of nitrogens with zero attached hydrogens (tertiary/aromatic N) is 2. The largest absolute Gasteiger partial charge is 0.382 e. The Balaban J connectivity index is 2.11. The number of aryl methyl sites for hydroxylation is 1. The average molecular weight is 253 g/mol. The lowest BCUT2D eigenvalue weighted by atomic mass is 10.3. The van der Waals surface area contributed by atoms with Gasteiger partial charge in [-0.1, -0.05) is 6.08 Å². The van der Waals surface area contributed by atoms with Gasteiger partial charge in [0, 0.05) is 39.2 Å². The highest BCUT2D eigenvalue weighted by Gasteiger charge is 2.00. The molecule has 0 spiro atoms. The number of methoxy groups -OCH3 is 1. The molecule has 1 rings (SSSR count). The van der Waals surface area contributed by atoms with Crippen molar-refractivity contribution < 1.29 is 9.47 Å². The molecule has 0 unspecified atom stereocenters. The molecule has 1 aromatic heterocycles. The number of nitrogens with one attached hydrogen (secondary N) is 1. The summed E-state index contributed by atoms with van der Waals surface area (Å²) in [5.74, 6) is 0.898. The van der Waals surface area contributed by atoms with Gasteiger partial charge in [-0.15, -0.1) is 6.58 Å². The van der Waals surface area contributed by atoms with Crippen LogP contribution in [0.2, 0.25) is 0 Å². The summed E-state index contributed by atoms with van der Waals surface area (Å²) in [4.78, 5) is 4.25. The van der Waals surface area contributed by atoms with Crippen LogP contribution in [0.3, 0.4) is 0 Å². The van der Waals surface area contributed by atoms with Crippen molar-refractivity contribution >= 4 is 5.95 Å². The summed E-state index contributed by atoms with van der Waals surface area (Å²) < 4.78 is 12.4. The van der Waals surface area contributed by atoms with Crippen LogP contribution in [-0.4, -0.2) is 43.0 Å². The van der Waals surface area contributed by atoms with Gasteiger partial charge in [-0.2, -0.15) is 0 Å². The molecule has 0 fully saturated rings. The van der Waals surface area contributed by atoms with Crippen LogP contribution in [0.15, 0.2) is 25.0 Å². The molecular weight excluding hydrogens is 230 g/mol. The summed E-state index contributed by atoms with van der Waals surface area (Å²) in [6.45, 7) is 7.48. The first kappa shape index (κ1) is 14.7. The van der Waals surface area contributed by atoms with Crippen molar-refractivity contribution in [1.29, 1.82) is 0 Å². The highest BCUT2D eigenvalue weighted by atomic mass is 16.5. The van der Waals surface area contributed by atoms with Crippen LogP contribution in [0.5, 0.6) is 0 Å². The maximum Gasteiger partial charge on any atom is 0.203 e. The van der Waals surface area contributed by atoms with E-state index in [1.54, 1.807) is 13.3 Å². The van der Waals surface area contributed by atoms with Crippen molar-refractivity contribution in [2.75, 3.05) is 38.8 Å². The minimum atomic E-state index is 0.664. The maximum atomic E-state index is 5.41. The lowest BCUT2D eigenvalue weighted by Crippen LogP contribution is -2.08. The topological polar surface area (TPSA) is 48.3 Å². The molecule has 0 aliphatic rings. The van der Waals surface area contributed by atoms with Gasteiger partial charge in [0.05, 0.1) is 13.2 Å². The molecule has 5 nitrogen and oxygen atoms in total. The normalized spacial score (nSPS) is 10.5. The predicted molar refractivity (Wildman–Crippen MR) is 72.8 cm³/mol. The van der Waals surface area contributed by atoms with E-state index in [2.05, 4.69) is 21.4 Å². The highest BCUT2D eigenvalue weighted by Crippen LogP contribution is 2.06. The van der Waals surface area contributed by atoms with Crippen molar-refractivity contribution in [1.82, 2.24) is 9.55 Å². The SMILES string of the molecule is C=CCNc1nccn1CCCCOCCOC. The summed E-state index contributed by atoms with van der Waals surface area (Å²) in [5, 5.41) is 3.20. The Morgan fingerprint density at radius 1 is 1.39 bits per heavy atom. The van der Waals surface area contributed by atoms with E-state index in [4.69, 9.17) is 9.47 Å². The Bertz CT molecular complexity index is 326. The van der Waals surface area contributed by atoms with E-state index in [9.17, 15) is 0 Å². The van der Waals surface area contributed by atoms with E-state index in [-0.39, 0.29) is 0 Å². The first-order valence-corrected chi connectivity index (χ1v) is 6.31. The van der Waals surface area contributed by atoms with Gasteiger partial charge in [0.1, 0.15) is 0 Å². The molecule has 0 aliphatic heterocycles. The second kappa shape index (κ2) is 9.67. The third-order valence-electron chi connectivity index (χ3n) is 2.49. The third kappa shape index (κ3) is 5.84. The minimum absolute atomic E-state index is 0.664. The Labute approximate surface area is 109 Å². The molecule has 1 N–H and O–H groups in total. The zero-order valence-electron chi connectivity index (χ0n) is 11.1. The zero-order valence-corrected chi connectivity index (χ0v) is 11.1. The number of rotatable bonds is 11. The van der Waals surface area contributed by atoms with Crippen LogP contribution >= 0.6 is 0 Å². The molecule has 0 amide bonds.